The minimum Gasteiger partial charge on any atom is -0.443 e. The Labute approximate surface area is 94.3 Å². The Morgan fingerprint density at radius 3 is 3.12 bits per heavy atom. The topological polar surface area (TPSA) is 41.3 Å². The number of rotatable bonds is 3. The zero-order valence-electron chi connectivity index (χ0n) is 9.31. The first-order valence-electron chi connectivity index (χ1n) is 5.58. The van der Waals surface area contributed by atoms with Gasteiger partial charge in [-0.25, -0.2) is 4.98 Å². The van der Waals surface area contributed by atoms with Crippen LogP contribution in [0.3, 0.4) is 0 Å². The molecule has 2 aromatic rings. The molecule has 3 rings (SSSR count). The highest BCUT2D eigenvalue weighted by Gasteiger charge is 2.18. The van der Waals surface area contributed by atoms with E-state index in [1.807, 2.05) is 6.07 Å². The summed E-state index contributed by atoms with van der Waals surface area (Å²) in [6, 6.07) is 6.15. The van der Waals surface area contributed by atoms with E-state index in [1.165, 1.54) is 12.1 Å². The highest BCUT2D eigenvalue weighted by Crippen LogP contribution is 2.21. The van der Waals surface area contributed by atoms with Gasteiger partial charge < -0.3 is 14.6 Å². The lowest BCUT2D eigenvalue weighted by molar-refractivity contribution is 0.353. The van der Waals surface area contributed by atoms with Crippen LogP contribution in [0.15, 0.2) is 29.0 Å². The lowest BCUT2D eigenvalue weighted by Crippen LogP contribution is -2.47. The first kappa shape index (κ1) is 9.66. The Morgan fingerprint density at radius 2 is 2.38 bits per heavy atom. The monoisotopic (exact) mass is 217 g/mol. The van der Waals surface area contributed by atoms with Gasteiger partial charge in [0.25, 0.3) is 0 Å². The van der Waals surface area contributed by atoms with Gasteiger partial charge in [0.15, 0.2) is 12.0 Å². The van der Waals surface area contributed by atoms with Crippen LogP contribution in [0.4, 0.5) is 5.69 Å². The van der Waals surface area contributed by atoms with Crippen LogP contribution < -0.4 is 10.2 Å². The van der Waals surface area contributed by atoms with E-state index in [2.05, 4.69) is 34.4 Å². The fourth-order valence-electron chi connectivity index (χ4n) is 2.05. The smallest absolute Gasteiger partial charge is 0.181 e. The summed E-state index contributed by atoms with van der Waals surface area (Å²) in [7, 11) is 2.12. The molecule has 0 atom stereocenters. The molecule has 1 saturated heterocycles. The molecule has 1 aliphatic rings. The molecular formula is C12H15N3O. The predicted molar refractivity (Wildman–Crippen MR) is 63.6 cm³/mol. The third-order valence-corrected chi connectivity index (χ3v) is 3.15. The van der Waals surface area contributed by atoms with Gasteiger partial charge in [0.2, 0.25) is 0 Å². The summed E-state index contributed by atoms with van der Waals surface area (Å²) in [5.41, 5.74) is 2.97. The lowest BCUT2D eigenvalue weighted by atomic mass is 10.0. The van der Waals surface area contributed by atoms with E-state index in [1.54, 1.807) is 0 Å². The fourth-order valence-corrected chi connectivity index (χ4v) is 2.05. The molecule has 0 unspecified atom stereocenters. The van der Waals surface area contributed by atoms with E-state index >= 15 is 0 Å². The maximum Gasteiger partial charge on any atom is 0.181 e. The van der Waals surface area contributed by atoms with Crippen molar-refractivity contribution < 1.29 is 4.42 Å². The molecule has 1 fully saturated rings. The third-order valence-electron chi connectivity index (χ3n) is 3.15. The van der Waals surface area contributed by atoms with Crippen LogP contribution >= 0.6 is 0 Å². The van der Waals surface area contributed by atoms with E-state index in [9.17, 15) is 0 Å². The van der Waals surface area contributed by atoms with E-state index in [-0.39, 0.29) is 0 Å². The summed E-state index contributed by atoms with van der Waals surface area (Å²) >= 11 is 0. The first-order chi connectivity index (χ1) is 7.83. The van der Waals surface area contributed by atoms with Crippen molar-refractivity contribution >= 4 is 16.8 Å². The number of nitrogens with zero attached hydrogens (tertiary/aromatic N) is 2. The van der Waals surface area contributed by atoms with Crippen LogP contribution in [-0.4, -0.2) is 31.7 Å². The summed E-state index contributed by atoms with van der Waals surface area (Å²) < 4.78 is 5.30. The normalized spacial score (nSPS) is 16.3. The Morgan fingerprint density at radius 1 is 1.50 bits per heavy atom. The van der Waals surface area contributed by atoms with Crippen molar-refractivity contribution in [3.63, 3.8) is 0 Å². The molecule has 1 aliphatic heterocycles. The molecule has 16 heavy (non-hydrogen) atoms. The molecule has 0 radical (unpaired) electrons. The van der Waals surface area contributed by atoms with Crippen LogP contribution in [0.2, 0.25) is 0 Å². The van der Waals surface area contributed by atoms with Crippen LogP contribution in [0, 0.1) is 5.92 Å². The molecule has 84 valence electrons. The van der Waals surface area contributed by atoms with Gasteiger partial charge in [0, 0.05) is 44.4 Å². The van der Waals surface area contributed by atoms with Gasteiger partial charge in [-0.15, -0.1) is 0 Å². The summed E-state index contributed by atoms with van der Waals surface area (Å²) in [4.78, 5) is 6.38. The zero-order chi connectivity index (χ0) is 11.0. The van der Waals surface area contributed by atoms with Crippen molar-refractivity contribution in [3.05, 3.63) is 24.6 Å². The number of oxazole rings is 1. The van der Waals surface area contributed by atoms with Crippen molar-refractivity contribution in [1.29, 1.82) is 0 Å². The van der Waals surface area contributed by atoms with Crippen molar-refractivity contribution in [3.8, 4) is 0 Å². The van der Waals surface area contributed by atoms with E-state index in [0.29, 0.717) is 0 Å². The molecular weight excluding hydrogens is 202 g/mol. The molecule has 0 saturated carbocycles. The molecule has 4 nitrogen and oxygen atoms in total. The molecule has 1 aromatic carbocycles. The largest absolute Gasteiger partial charge is 0.443 e. The van der Waals surface area contributed by atoms with Gasteiger partial charge in [-0.1, -0.05) is 0 Å². The maximum absolute atomic E-state index is 5.30. The standard InChI is InChI=1S/C12H15N3O/c1-15(7-9-5-13-6-9)10-2-3-11-12(4-10)16-8-14-11/h2-4,8-9,13H,5-7H2,1H3. The second kappa shape index (κ2) is 3.79. The molecule has 0 spiro atoms. The average molecular weight is 217 g/mol. The molecule has 1 aromatic heterocycles. The summed E-state index contributed by atoms with van der Waals surface area (Å²) in [5.74, 6) is 0.774. The Bertz CT molecular complexity index is 490. The quantitative estimate of drug-likeness (QED) is 0.845. The number of hydrogen-bond acceptors (Lipinski definition) is 4. The Kier molecular flexibility index (Phi) is 2.29. The summed E-state index contributed by atoms with van der Waals surface area (Å²) in [6.45, 7) is 3.36. The van der Waals surface area contributed by atoms with E-state index in [0.717, 1.165) is 36.7 Å². The maximum atomic E-state index is 5.30. The summed E-state index contributed by atoms with van der Waals surface area (Å²) in [5, 5.41) is 3.29. The molecule has 0 aliphatic carbocycles. The van der Waals surface area contributed by atoms with Crippen LogP contribution in [0.25, 0.3) is 11.1 Å². The molecule has 4 heteroatoms. The Hall–Kier alpha value is -1.55. The second-order valence-electron chi connectivity index (χ2n) is 4.41. The minimum atomic E-state index is 0.774. The molecule has 0 bridgehead atoms. The number of nitrogens with one attached hydrogen (secondary N) is 1. The second-order valence-corrected chi connectivity index (χ2v) is 4.41. The van der Waals surface area contributed by atoms with Gasteiger partial charge in [0.05, 0.1) is 0 Å². The van der Waals surface area contributed by atoms with Crippen LogP contribution in [0.1, 0.15) is 0 Å². The Balaban J connectivity index is 1.80. The highest BCUT2D eigenvalue weighted by atomic mass is 16.3. The van der Waals surface area contributed by atoms with Crippen molar-refractivity contribution in [2.75, 3.05) is 31.6 Å². The number of fused-ring (bicyclic) bond motifs is 1. The SMILES string of the molecule is CN(CC1CNC1)c1ccc2ncoc2c1. The summed E-state index contributed by atoms with van der Waals surface area (Å²) in [6.07, 6.45) is 1.49. The third kappa shape index (κ3) is 1.65. The van der Waals surface area contributed by atoms with Crippen molar-refractivity contribution in [2.24, 2.45) is 5.92 Å². The van der Waals surface area contributed by atoms with E-state index < -0.39 is 0 Å². The van der Waals surface area contributed by atoms with Gasteiger partial charge in [-0.3, -0.25) is 0 Å². The number of aromatic nitrogens is 1. The van der Waals surface area contributed by atoms with Crippen molar-refractivity contribution in [2.45, 2.75) is 0 Å². The van der Waals surface area contributed by atoms with Crippen LogP contribution in [0.5, 0.6) is 0 Å². The first-order valence-corrected chi connectivity index (χ1v) is 5.58. The molecule has 2 heterocycles. The number of anilines is 1. The van der Waals surface area contributed by atoms with Gasteiger partial charge in [0.1, 0.15) is 5.52 Å². The molecule has 1 N–H and O–H groups in total. The average Bonchev–Trinajstić information content (AvgIpc) is 2.69. The zero-order valence-corrected chi connectivity index (χ0v) is 9.31. The number of benzene rings is 1. The highest BCUT2D eigenvalue weighted by molar-refractivity contribution is 5.76. The van der Waals surface area contributed by atoms with Gasteiger partial charge in [-0.2, -0.15) is 0 Å². The van der Waals surface area contributed by atoms with Crippen LogP contribution in [-0.2, 0) is 0 Å². The lowest BCUT2D eigenvalue weighted by Gasteiger charge is -2.32. The molecule has 0 amide bonds. The van der Waals surface area contributed by atoms with E-state index in [4.69, 9.17) is 4.42 Å². The predicted octanol–water partition coefficient (Wildman–Crippen LogP) is 1.48. The fraction of sp³-hybridized carbons (Fsp3) is 0.417. The number of hydrogen-bond donors (Lipinski definition) is 1. The van der Waals surface area contributed by atoms with Gasteiger partial charge in [-0.05, 0) is 12.1 Å². The van der Waals surface area contributed by atoms with Crippen molar-refractivity contribution in [1.82, 2.24) is 10.3 Å². The minimum absolute atomic E-state index is 0.774. The van der Waals surface area contributed by atoms with Gasteiger partial charge >= 0.3 is 0 Å².